The lowest BCUT2D eigenvalue weighted by Crippen LogP contribution is -2.63. The third-order valence-electron chi connectivity index (χ3n) is 5.69. The third kappa shape index (κ3) is 4.97. The zero-order valence-electron chi connectivity index (χ0n) is 17.7. The maximum atomic E-state index is 13.6. The van der Waals surface area contributed by atoms with E-state index >= 15 is 0 Å². The molecule has 2 aliphatic rings. The van der Waals surface area contributed by atoms with Gasteiger partial charge in [0.15, 0.2) is 0 Å². The number of nitrogens with one attached hydrogen (secondary N) is 2. The molecule has 172 valence electrons. The first-order valence-electron chi connectivity index (χ1n) is 10.6. The molecule has 0 spiro atoms. The maximum Gasteiger partial charge on any atom is 0.274 e. The molecule has 4 rings (SSSR count). The van der Waals surface area contributed by atoms with Gasteiger partial charge in [-0.25, -0.2) is 9.37 Å². The van der Waals surface area contributed by atoms with Crippen LogP contribution in [0.25, 0.3) is 0 Å². The van der Waals surface area contributed by atoms with Crippen molar-refractivity contribution < 1.29 is 23.6 Å². The number of halogens is 1. The van der Waals surface area contributed by atoms with Gasteiger partial charge in [0.05, 0.1) is 12.7 Å². The second kappa shape index (κ2) is 9.72. The summed E-state index contributed by atoms with van der Waals surface area (Å²) in [5, 5.41) is 5.41. The zero-order valence-corrected chi connectivity index (χ0v) is 17.7. The predicted molar refractivity (Wildman–Crippen MR) is 113 cm³/mol. The van der Waals surface area contributed by atoms with Gasteiger partial charge in [0.25, 0.3) is 11.8 Å². The fourth-order valence-corrected chi connectivity index (χ4v) is 3.97. The molecule has 0 radical (unpaired) electrons. The first kappa shape index (κ1) is 22.3. The standard InChI is InChI=1S/C22H23FN6O4/c23-15-4-1-3-14(11-15)21(32)28-9-10-29(22(33)17-12-24-7-8-25-17)18(13-28)20(31)27-16-5-2-6-26-19(16)30/h1,3-4,7-8,11-12,16,18H,2,5-6,9-10,13H2,(H,26,30)(H,27,31). The van der Waals surface area contributed by atoms with Gasteiger partial charge in [-0.15, -0.1) is 0 Å². The van der Waals surface area contributed by atoms with E-state index in [9.17, 15) is 23.6 Å². The van der Waals surface area contributed by atoms with Crippen LogP contribution in [0.4, 0.5) is 4.39 Å². The van der Waals surface area contributed by atoms with Crippen molar-refractivity contribution in [2.75, 3.05) is 26.2 Å². The van der Waals surface area contributed by atoms with Crippen molar-refractivity contribution in [2.45, 2.75) is 24.9 Å². The highest BCUT2D eigenvalue weighted by Gasteiger charge is 2.39. The van der Waals surface area contributed by atoms with E-state index in [-0.39, 0.29) is 36.8 Å². The molecule has 2 aromatic rings. The number of aromatic nitrogens is 2. The summed E-state index contributed by atoms with van der Waals surface area (Å²) in [5.74, 6) is -2.34. The number of carbonyl (C=O) groups is 4. The minimum absolute atomic E-state index is 0.0609. The van der Waals surface area contributed by atoms with E-state index in [1.165, 1.54) is 46.6 Å². The molecule has 3 heterocycles. The van der Waals surface area contributed by atoms with Crippen LogP contribution in [0.2, 0.25) is 0 Å². The highest BCUT2D eigenvalue weighted by atomic mass is 19.1. The van der Waals surface area contributed by atoms with Crippen LogP contribution in [0.3, 0.4) is 0 Å². The molecule has 33 heavy (non-hydrogen) atoms. The lowest BCUT2D eigenvalue weighted by molar-refractivity contribution is -0.133. The van der Waals surface area contributed by atoms with E-state index in [1.54, 1.807) is 0 Å². The first-order valence-corrected chi connectivity index (χ1v) is 10.6. The summed E-state index contributed by atoms with van der Waals surface area (Å²) >= 11 is 0. The van der Waals surface area contributed by atoms with E-state index in [4.69, 9.17) is 0 Å². The van der Waals surface area contributed by atoms with Gasteiger partial charge < -0.3 is 20.4 Å². The molecule has 0 saturated carbocycles. The summed E-state index contributed by atoms with van der Waals surface area (Å²) in [6, 6.07) is 3.52. The number of nitrogens with zero attached hydrogens (tertiary/aromatic N) is 4. The lowest BCUT2D eigenvalue weighted by Gasteiger charge is -2.41. The zero-order chi connectivity index (χ0) is 23.4. The highest BCUT2D eigenvalue weighted by Crippen LogP contribution is 2.17. The van der Waals surface area contributed by atoms with Crippen molar-refractivity contribution in [3.8, 4) is 0 Å². The smallest absolute Gasteiger partial charge is 0.274 e. The summed E-state index contributed by atoms with van der Waals surface area (Å²) in [5.41, 5.74) is 0.213. The Bertz CT molecular complexity index is 1070. The number of benzene rings is 1. The molecule has 2 atom stereocenters. The van der Waals surface area contributed by atoms with Crippen molar-refractivity contribution in [3.63, 3.8) is 0 Å². The lowest BCUT2D eigenvalue weighted by atomic mass is 10.0. The normalized spacial score (nSPS) is 20.7. The first-order chi connectivity index (χ1) is 15.9. The minimum Gasteiger partial charge on any atom is -0.354 e. The number of rotatable bonds is 4. The molecule has 0 aliphatic carbocycles. The van der Waals surface area contributed by atoms with Crippen LogP contribution >= 0.6 is 0 Å². The molecule has 4 amide bonds. The Balaban J connectivity index is 1.56. The van der Waals surface area contributed by atoms with E-state index in [0.29, 0.717) is 19.4 Å². The van der Waals surface area contributed by atoms with Gasteiger partial charge in [0, 0.05) is 37.6 Å². The van der Waals surface area contributed by atoms with E-state index < -0.39 is 35.6 Å². The number of piperidine rings is 1. The largest absolute Gasteiger partial charge is 0.354 e. The molecular formula is C22H23FN6O4. The number of amides is 4. The van der Waals surface area contributed by atoms with Crippen molar-refractivity contribution >= 4 is 23.6 Å². The summed E-state index contributed by atoms with van der Waals surface area (Å²) in [6.45, 7) is 0.643. The highest BCUT2D eigenvalue weighted by molar-refractivity contribution is 5.99. The fourth-order valence-electron chi connectivity index (χ4n) is 3.97. The molecule has 2 aliphatic heterocycles. The molecule has 10 nitrogen and oxygen atoms in total. The minimum atomic E-state index is -1.06. The van der Waals surface area contributed by atoms with Crippen molar-refractivity contribution in [3.05, 3.63) is 59.9 Å². The molecule has 1 aromatic carbocycles. The van der Waals surface area contributed by atoms with Gasteiger partial charge in [0.2, 0.25) is 11.8 Å². The molecular weight excluding hydrogens is 431 g/mol. The quantitative estimate of drug-likeness (QED) is 0.669. The van der Waals surface area contributed by atoms with E-state index in [1.807, 2.05) is 0 Å². The molecule has 2 unspecified atom stereocenters. The Morgan fingerprint density at radius 3 is 2.73 bits per heavy atom. The van der Waals surface area contributed by atoms with Crippen molar-refractivity contribution in [1.29, 1.82) is 0 Å². The van der Waals surface area contributed by atoms with Crippen LogP contribution in [0.15, 0.2) is 42.9 Å². The molecule has 1 aromatic heterocycles. The average Bonchev–Trinajstić information content (AvgIpc) is 2.84. The molecule has 2 saturated heterocycles. The fraction of sp³-hybridized carbons (Fsp3) is 0.364. The molecule has 2 fully saturated rings. The predicted octanol–water partition coefficient (Wildman–Crippen LogP) is -0.0227. The summed E-state index contributed by atoms with van der Waals surface area (Å²) in [6.07, 6.45) is 5.30. The summed E-state index contributed by atoms with van der Waals surface area (Å²) in [7, 11) is 0. The Labute approximate surface area is 189 Å². The van der Waals surface area contributed by atoms with Gasteiger partial charge in [0.1, 0.15) is 23.6 Å². The van der Waals surface area contributed by atoms with Gasteiger partial charge >= 0.3 is 0 Å². The summed E-state index contributed by atoms with van der Waals surface area (Å²) < 4.78 is 13.6. The topological polar surface area (TPSA) is 125 Å². The Morgan fingerprint density at radius 1 is 1.15 bits per heavy atom. The van der Waals surface area contributed by atoms with Gasteiger partial charge in [-0.1, -0.05) is 6.07 Å². The number of carbonyl (C=O) groups excluding carboxylic acids is 4. The second-order valence-corrected chi connectivity index (χ2v) is 7.86. The monoisotopic (exact) mass is 454 g/mol. The van der Waals surface area contributed by atoms with Crippen LogP contribution in [0.1, 0.15) is 33.7 Å². The van der Waals surface area contributed by atoms with E-state index in [0.717, 1.165) is 6.07 Å². The van der Waals surface area contributed by atoms with Gasteiger partial charge in [-0.05, 0) is 31.0 Å². The van der Waals surface area contributed by atoms with Crippen molar-refractivity contribution in [1.82, 2.24) is 30.4 Å². The van der Waals surface area contributed by atoms with Crippen LogP contribution in [0.5, 0.6) is 0 Å². The van der Waals surface area contributed by atoms with Crippen LogP contribution in [-0.2, 0) is 9.59 Å². The van der Waals surface area contributed by atoms with Gasteiger partial charge in [-0.2, -0.15) is 0 Å². The number of piperazine rings is 1. The summed E-state index contributed by atoms with van der Waals surface area (Å²) in [4.78, 5) is 62.0. The Kier molecular flexibility index (Phi) is 6.57. The van der Waals surface area contributed by atoms with Crippen LogP contribution in [-0.4, -0.2) is 81.7 Å². The average molecular weight is 454 g/mol. The molecule has 0 bridgehead atoms. The number of hydrogen-bond acceptors (Lipinski definition) is 6. The maximum absolute atomic E-state index is 13.6. The number of hydrogen-bond donors (Lipinski definition) is 2. The SMILES string of the molecule is O=C1NCCCC1NC(=O)C1CN(C(=O)c2cccc(F)c2)CCN1C(=O)c1cnccn1. The van der Waals surface area contributed by atoms with Crippen LogP contribution < -0.4 is 10.6 Å². The second-order valence-electron chi connectivity index (χ2n) is 7.86. The Morgan fingerprint density at radius 2 is 2.00 bits per heavy atom. The molecule has 2 N–H and O–H groups in total. The van der Waals surface area contributed by atoms with E-state index in [2.05, 4.69) is 20.6 Å². The van der Waals surface area contributed by atoms with Crippen LogP contribution in [0, 0.1) is 5.82 Å². The third-order valence-corrected chi connectivity index (χ3v) is 5.69. The van der Waals surface area contributed by atoms with Crippen molar-refractivity contribution in [2.24, 2.45) is 0 Å². The van der Waals surface area contributed by atoms with Gasteiger partial charge in [-0.3, -0.25) is 24.2 Å². The Hall–Kier alpha value is -3.89. The molecule has 11 heteroatoms.